The molecule has 0 saturated heterocycles. The molecule has 2 aromatic carbocycles. The fourth-order valence-electron chi connectivity index (χ4n) is 3.39. The maximum absolute atomic E-state index is 13.0. The van der Waals surface area contributed by atoms with Crippen molar-refractivity contribution in [3.63, 3.8) is 0 Å². The van der Waals surface area contributed by atoms with Crippen LogP contribution in [-0.2, 0) is 19.6 Å². The molecule has 1 heterocycles. The minimum absolute atomic E-state index is 0.0481. The van der Waals surface area contributed by atoms with E-state index in [2.05, 4.69) is 9.71 Å². The zero-order chi connectivity index (χ0) is 22.8. The largest absolute Gasteiger partial charge is 0.453 e. The Bertz CT molecular complexity index is 1200. The van der Waals surface area contributed by atoms with Gasteiger partial charge in [-0.1, -0.05) is 50.2 Å². The zero-order valence-corrected chi connectivity index (χ0v) is 18.7. The minimum atomic E-state index is -3.93. The van der Waals surface area contributed by atoms with Crippen molar-refractivity contribution in [2.24, 2.45) is 5.92 Å². The molecule has 0 aliphatic carbocycles. The second kappa shape index (κ2) is 9.03. The summed E-state index contributed by atoms with van der Waals surface area (Å²) in [6, 6.07) is 14.0. The molecule has 7 nitrogen and oxygen atoms in total. The van der Waals surface area contributed by atoms with E-state index in [-0.39, 0.29) is 16.6 Å². The number of hydrogen-bond donors (Lipinski definition) is 2. The first-order valence-corrected chi connectivity index (χ1v) is 11.5. The number of Topliss-reactive ketones (excluding diaryl/α,β-unsaturated/α-hetero) is 1. The molecule has 2 atom stereocenters. The molecule has 0 saturated carbocycles. The summed E-state index contributed by atoms with van der Waals surface area (Å²) < 4.78 is 33.1. The summed E-state index contributed by atoms with van der Waals surface area (Å²) in [6.07, 6.45) is -1.08. The Morgan fingerprint density at radius 1 is 0.968 bits per heavy atom. The first-order valence-electron chi connectivity index (χ1n) is 10.0. The number of sulfonamides is 1. The van der Waals surface area contributed by atoms with Crippen molar-refractivity contribution in [1.29, 1.82) is 0 Å². The van der Waals surface area contributed by atoms with Crippen molar-refractivity contribution in [3.05, 3.63) is 65.9 Å². The third-order valence-electron chi connectivity index (χ3n) is 5.06. The van der Waals surface area contributed by atoms with E-state index < -0.39 is 28.1 Å². The summed E-state index contributed by atoms with van der Waals surface area (Å²) >= 11 is 0. The van der Waals surface area contributed by atoms with Gasteiger partial charge in [-0.25, -0.2) is 8.42 Å². The molecular formula is C23H26N2O5S. The molecule has 0 amide bonds. The lowest BCUT2D eigenvalue weighted by atomic mass is 10.0. The molecule has 0 bridgehead atoms. The van der Waals surface area contributed by atoms with Gasteiger partial charge >= 0.3 is 5.97 Å². The lowest BCUT2D eigenvalue weighted by Crippen LogP contribution is -2.46. The molecule has 3 aromatic rings. The van der Waals surface area contributed by atoms with Crippen molar-refractivity contribution in [2.45, 2.75) is 44.7 Å². The number of nitrogens with one attached hydrogen (secondary N) is 2. The number of esters is 1. The molecular weight excluding hydrogens is 416 g/mol. The number of aromatic amines is 1. The van der Waals surface area contributed by atoms with Crippen LogP contribution in [0.5, 0.6) is 0 Å². The van der Waals surface area contributed by atoms with E-state index >= 15 is 0 Å². The molecule has 164 valence electrons. The van der Waals surface area contributed by atoms with Crippen LogP contribution in [0.4, 0.5) is 0 Å². The maximum Gasteiger partial charge on any atom is 0.325 e. The molecule has 1 aromatic heterocycles. The summed E-state index contributed by atoms with van der Waals surface area (Å²) in [6.45, 7) is 6.68. The van der Waals surface area contributed by atoms with Crippen molar-refractivity contribution in [2.75, 3.05) is 0 Å². The molecule has 0 radical (unpaired) electrons. The van der Waals surface area contributed by atoms with Crippen LogP contribution in [-0.4, -0.2) is 37.3 Å². The maximum atomic E-state index is 13.0. The van der Waals surface area contributed by atoms with Crippen molar-refractivity contribution in [3.8, 4) is 0 Å². The normalized spacial score (nSPS) is 13.8. The lowest BCUT2D eigenvalue weighted by Gasteiger charge is -2.22. The van der Waals surface area contributed by atoms with Crippen molar-refractivity contribution in [1.82, 2.24) is 9.71 Å². The van der Waals surface area contributed by atoms with E-state index in [1.165, 1.54) is 19.1 Å². The van der Waals surface area contributed by atoms with Crippen LogP contribution in [0.3, 0.4) is 0 Å². The van der Waals surface area contributed by atoms with Gasteiger partial charge in [0.1, 0.15) is 6.04 Å². The standard InChI is InChI=1S/C23H26N2O5S/c1-14(2)21(25-31(28,29)17-10-6-5-7-11-17)23(27)30-16(4)22(26)20-15(3)24-19-13-9-8-12-18(19)20/h5-14,16,21,24-25H,1-4H3/t16-,21-/m1/s1. The number of ketones is 1. The third-order valence-corrected chi connectivity index (χ3v) is 6.52. The van der Waals surface area contributed by atoms with Gasteiger partial charge < -0.3 is 9.72 Å². The van der Waals surface area contributed by atoms with Gasteiger partial charge in [0.05, 0.1) is 4.90 Å². The Labute approximate surface area is 181 Å². The third kappa shape index (κ3) is 4.86. The molecule has 0 spiro atoms. The Morgan fingerprint density at radius 3 is 2.23 bits per heavy atom. The number of rotatable bonds is 8. The topological polar surface area (TPSA) is 105 Å². The van der Waals surface area contributed by atoms with Gasteiger partial charge in [-0.15, -0.1) is 0 Å². The van der Waals surface area contributed by atoms with Gasteiger partial charge in [0.2, 0.25) is 15.8 Å². The summed E-state index contributed by atoms with van der Waals surface area (Å²) in [5.41, 5.74) is 1.96. The van der Waals surface area contributed by atoms with Gasteiger partial charge in [0.15, 0.2) is 6.10 Å². The highest BCUT2D eigenvalue weighted by atomic mass is 32.2. The Morgan fingerprint density at radius 2 is 1.58 bits per heavy atom. The van der Waals surface area contributed by atoms with E-state index in [4.69, 9.17) is 4.74 Å². The second-order valence-corrected chi connectivity index (χ2v) is 9.48. The van der Waals surface area contributed by atoms with Crippen molar-refractivity contribution >= 4 is 32.7 Å². The number of fused-ring (bicyclic) bond motifs is 1. The van der Waals surface area contributed by atoms with Gasteiger partial charge in [-0.2, -0.15) is 4.72 Å². The van der Waals surface area contributed by atoms with Crippen LogP contribution in [0.15, 0.2) is 59.5 Å². The van der Waals surface area contributed by atoms with E-state index in [0.717, 1.165) is 10.9 Å². The number of ether oxygens (including phenoxy) is 1. The van der Waals surface area contributed by atoms with Crippen LogP contribution in [0.1, 0.15) is 36.8 Å². The first kappa shape index (κ1) is 22.7. The Balaban J connectivity index is 1.79. The predicted octanol–water partition coefficient (Wildman–Crippen LogP) is 3.59. The highest BCUT2D eigenvalue weighted by Gasteiger charge is 2.32. The SMILES string of the molecule is Cc1[nH]c2ccccc2c1C(=O)[C@@H](C)OC(=O)[C@H](NS(=O)(=O)c1ccccc1)C(C)C. The number of aryl methyl sites for hydroxylation is 1. The molecule has 0 unspecified atom stereocenters. The molecule has 2 N–H and O–H groups in total. The summed E-state index contributed by atoms with van der Waals surface area (Å²) in [5.74, 6) is -1.53. The fraction of sp³-hybridized carbons (Fsp3) is 0.304. The Hall–Kier alpha value is -2.97. The van der Waals surface area contributed by atoms with Crippen molar-refractivity contribution < 1.29 is 22.7 Å². The molecule has 8 heteroatoms. The van der Waals surface area contributed by atoms with Crippen LogP contribution >= 0.6 is 0 Å². The fourth-order valence-corrected chi connectivity index (χ4v) is 4.74. The Kier molecular flexibility index (Phi) is 6.62. The minimum Gasteiger partial charge on any atom is -0.453 e. The number of aromatic nitrogens is 1. The molecule has 0 fully saturated rings. The second-order valence-electron chi connectivity index (χ2n) is 7.77. The van der Waals surface area contributed by atoms with Crippen LogP contribution < -0.4 is 4.72 Å². The number of carbonyl (C=O) groups excluding carboxylic acids is 2. The number of carbonyl (C=O) groups is 2. The first-order chi connectivity index (χ1) is 14.6. The molecule has 31 heavy (non-hydrogen) atoms. The van der Waals surface area contributed by atoms with E-state index in [0.29, 0.717) is 11.3 Å². The number of benzene rings is 2. The smallest absolute Gasteiger partial charge is 0.325 e. The van der Waals surface area contributed by atoms with Gasteiger partial charge in [-0.05, 0) is 38.0 Å². The summed E-state index contributed by atoms with van der Waals surface area (Å²) in [5, 5.41) is 0.748. The zero-order valence-electron chi connectivity index (χ0n) is 17.9. The predicted molar refractivity (Wildman–Crippen MR) is 118 cm³/mol. The highest BCUT2D eigenvalue weighted by molar-refractivity contribution is 7.89. The van der Waals surface area contributed by atoms with Crippen LogP contribution in [0.25, 0.3) is 10.9 Å². The summed E-state index contributed by atoms with van der Waals surface area (Å²) in [4.78, 5) is 29.1. The van der Waals surface area contributed by atoms with E-state index in [1.54, 1.807) is 39.0 Å². The highest BCUT2D eigenvalue weighted by Crippen LogP contribution is 2.24. The van der Waals surface area contributed by atoms with Gasteiger partial charge in [0.25, 0.3) is 0 Å². The average Bonchev–Trinajstić information content (AvgIpc) is 3.07. The lowest BCUT2D eigenvalue weighted by molar-refractivity contribution is -0.149. The summed E-state index contributed by atoms with van der Waals surface area (Å²) in [7, 11) is -3.93. The monoisotopic (exact) mass is 442 g/mol. The number of para-hydroxylation sites is 1. The van der Waals surface area contributed by atoms with Crippen LogP contribution in [0.2, 0.25) is 0 Å². The van der Waals surface area contributed by atoms with Crippen LogP contribution in [0, 0.1) is 12.8 Å². The average molecular weight is 443 g/mol. The van der Waals surface area contributed by atoms with Gasteiger partial charge in [-0.3, -0.25) is 9.59 Å². The molecule has 3 rings (SSSR count). The number of H-pyrrole nitrogens is 1. The molecule has 0 aliphatic heterocycles. The van der Waals surface area contributed by atoms with Gasteiger partial charge in [0, 0.05) is 22.2 Å². The van der Waals surface area contributed by atoms with E-state index in [1.807, 2.05) is 24.3 Å². The number of hydrogen-bond acceptors (Lipinski definition) is 5. The van der Waals surface area contributed by atoms with E-state index in [9.17, 15) is 18.0 Å². The molecule has 0 aliphatic rings. The quantitative estimate of drug-likeness (QED) is 0.410.